The highest BCUT2D eigenvalue weighted by Gasteiger charge is 2.24. The topological polar surface area (TPSA) is 66.3 Å². The minimum Gasteiger partial charge on any atom is -0.365 e. The summed E-state index contributed by atoms with van der Waals surface area (Å²) in [4.78, 5) is 20.3. The first-order valence-corrected chi connectivity index (χ1v) is 12.1. The molecule has 4 rings (SSSR count). The highest BCUT2D eigenvalue weighted by Crippen LogP contribution is 2.31. The molecule has 0 aliphatic rings. The maximum Gasteiger partial charge on any atom is 0.213 e. The second kappa shape index (κ2) is 11.5. The van der Waals surface area contributed by atoms with Gasteiger partial charge in [-0.3, -0.25) is 4.79 Å². The van der Waals surface area contributed by atoms with Crippen molar-refractivity contribution in [1.82, 2.24) is 19.7 Å². The molecule has 0 aliphatic heterocycles. The normalized spacial score (nSPS) is 10.7. The number of hydrogen-bond donors (Lipinski definition) is 1. The lowest BCUT2D eigenvalue weighted by Gasteiger charge is -2.29. The molecule has 0 bridgehead atoms. The van der Waals surface area contributed by atoms with Gasteiger partial charge in [-0.2, -0.15) is 9.49 Å². The van der Waals surface area contributed by atoms with Crippen LogP contribution in [0.25, 0.3) is 11.3 Å². The average molecular weight is 499 g/mol. The Morgan fingerprint density at radius 2 is 1.78 bits per heavy atom. The van der Waals surface area contributed by atoms with Gasteiger partial charge in [0.05, 0.1) is 12.2 Å². The first-order valence-electron chi connectivity index (χ1n) is 12.1. The summed E-state index contributed by atoms with van der Waals surface area (Å²) in [7, 11) is 3.83. The van der Waals surface area contributed by atoms with Crippen LogP contribution in [0.2, 0.25) is 0 Å². The second-order valence-corrected chi connectivity index (χ2v) is 8.86. The number of anilines is 3. The van der Waals surface area contributed by atoms with Crippen LogP contribution in [0, 0.1) is 5.95 Å². The summed E-state index contributed by atoms with van der Waals surface area (Å²) >= 11 is 0. The lowest BCUT2D eigenvalue weighted by atomic mass is 10.1. The summed E-state index contributed by atoms with van der Waals surface area (Å²) in [5.74, 6) is 1.38. The minimum atomic E-state index is -0.514. The maximum atomic E-state index is 13.6. The van der Waals surface area contributed by atoms with Crippen molar-refractivity contribution in [2.75, 3.05) is 30.9 Å². The molecule has 0 amide bonds. The van der Waals surface area contributed by atoms with Gasteiger partial charge in [-0.15, -0.1) is 0 Å². The monoisotopic (exact) mass is 498 g/mol. The lowest BCUT2D eigenvalue weighted by Crippen LogP contribution is -2.32. The largest absolute Gasteiger partial charge is 0.365 e. The quantitative estimate of drug-likeness (QED) is 0.204. The van der Waals surface area contributed by atoms with E-state index in [1.54, 1.807) is 16.8 Å². The Kier molecular flexibility index (Phi) is 7.98. The number of nitrogens with one attached hydrogen (secondary N) is 1. The first kappa shape index (κ1) is 25.6. The smallest absolute Gasteiger partial charge is 0.213 e. The van der Waals surface area contributed by atoms with Crippen LogP contribution in [0.5, 0.6) is 0 Å². The zero-order valence-electron chi connectivity index (χ0n) is 21.4. The van der Waals surface area contributed by atoms with Crippen LogP contribution in [0.15, 0.2) is 85.2 Å². The Bertz CT molecular complexity index is 1370. The van der Waals surface area contributed by atoms with Crippen molar-refractivity contribution in [1.29, 1.82) is 0 Å². The Labute approximate surface area is 216 Å². The van der Waals surface area contributed by atoms with E-state index in [0.717, 1.165) is 35.3 Å². The Balaban J connectivity index is 1.74. The number of para-hydroxylation sites is 1. The molecule has 0 radical (unpaired) electrons. The minimum absolute atomic E-state index is 0.418. The van der Waals surface area contributed by atoms with E-state index in [4.69, 9.17) is 5.10 Å². The van der Waals surface area contributed by atoms with E-state index in [1.807, 2.05) is 78.5 Å². The first-order chi connectivity index (χ1) is 17.9. The molecule has 1 N–H and O–H groups in total. The van der Waals surface area contributed by atoms with E-state index < -0.39 is 5.95 Å². The molecule has 0 unspecified atom stereocenters. The van der Waals surface area contributed by atoms with Gasteiger partial charge in [-0.05, 0) is 36.2 Å². The van der Waals surface area contributed by atoms with Crippen molar-refractivity contribution in [2.45, 2.75) is 19.9 Å². The van der Waals surface area contributed by atoms with Gasteiger partial charge >= 0.3 is 0 Å². The highest BCUT2D eigenvalue weighted by molar-refractivity contribution is 5.92. The predicted octanol–water partition coefficient (Wildman–Crippen LogP) is 5.94. The standard InChI is InChI=1S/C29H31FN6O/c1-5-18-35(21(2)34(3)4)29-25(20-37)28(31-24-10-7-6-8-11-24)36(33-29)19-22-14-16-23(17-15-22)26-12-9-13-27(30)32-26/h6-17,20,31H,2,5,18-19H2,1,3-4H3. The van der Waals surface area contributed by atoms with Crippen molar-refractivity contribution in [3.05, 3.63) is 102 Å². The van der Waals surface area contributed by atoms with Crippen LogP contribution in [0.1, 0.15) is 29.3 Å². The summed E-state index contributed by atoms with van der Waals surface area (Å²) in [5.41, 5.74) is 3.66. The van der Waals surface area contributed by atoms with Gasteiger partial charge in [-0.25, -0.2) is 9.67 Å². The predicted molar refractivity (Wildman–Crippen MR) is 147 cm³/mol. The molecule has 0 saturated heterocycles. The molecule has 37 heavy (non-hydrogen) atoms. The van der Waals surface area contributed by atoms with E-state index >= 15 is 0 Å². The number of hydrogen-bond acceptors (Lipinski definition) is 6. The van der Waals surface area contributed by atoms with Crippen LogP contribution >= 0.6 is 0 Å². The fourth-order valence-corrected chi connectivity index (χ4v) is 4.02. The molecule has 4 aromatic rings. The number of nitrogens with zero attached hydrogens (tertiary/aromatic N) is 5. The molecule has 2 aromatic heterocycles. The fourth-order valence-electron chi connectivity index (χ4n) is 4.02. The summed E-state index contributed by atoms with van der Waals surface area (Å²) in [6.07, 6.45) is 1.70. The number of rotatable bonds is 11. The van der Waals surface area contributed by atoms with E-state index in [-0.39, 0.29) is 0 Å². The van der Waals surface area contributed by atoms with Crippen molar-refractivity contribution >= 4 is 23.6 Å². The molecule has 0 atom stereocenters. The summed E-state index contributed by atoms with van der Waals surface area (Å²) in [6.45, 7) is 7.36. The number of carbonyl (C=O) groups is 1. The number of aldehydes is 1. The van der Waals surface area contributed by atoms with Crippen molar-refractivity contribution in [3.8, 4) is 11.3 Å². The number of benzene rings is 2. The van der Waals surface area contributed by atoms with Crippen LogP contribution < -0.4 is 10.2 Å². The van der Waals surface area contributed by atoms with Gasteiger partial charge in [-0.1, -0.05) is 62.0 Å². The molecular formula is C29H31FN6O. The SMILES string of the molecule is C=C(N(C)C)N(CCC)c1nn(Cc2ccc(-c3cccc(F)n3)cc2)c(Nc2ccccc2)c1C=O. The van der Waals surface area contributed by atoms with Crippen molar-refractivity contribution in [3.63, 3.8) is 0 Å². The third-order valence-electron chi connectivity index (χ3n) is 5.95. The van der Waals surface area contributed by atoms with Gasteiger partial charge in [0.25, 0.3) is 0 Å². The highest BCUT2D eigenvalue weighted by atomic mass is 19.1. The number of aromatic nitrogens is 3. The van der Waals surface area contributed by atoms with E-state index in [2.05, 4.69) is 23.8 Å². The third kappa shape index (κ3) is 5.86. The Morgan fingerprint density at radius 1 is 1.05 bits per heavy atom. The number of pyridine rings is 1. The third-order valence-corrected chi connectivity index (χ3v) is 5.95. The van der Waals surface area contributed by atoms with Gasteiger partial charge < -0.3 is 15.1 Å². The molecule has 8 heteroatoms. The maximum absolute atomic E-state index is 13.6. The van der Waals surface area contributed by atoms with Crippen molar-refractivity contribution < 1.29 is 9.18 Å². The fraction of sp³-hybridized carbons (Fsp3) is 0.207. The van der Waals surface area contributed by atoms with Crippen LogP contribution in [0.3, 0.4) is 0 Å². The molecule has 0 saturated carbocycles. The molecule has 190 valence electrons. The second-order valence-electron chi connectivity index (χ2n) is 8.86. The number of carbonyl (C=O) groups excluding carboxylic acids is 1. The molecule has 7 nitrogen and oxygen atoms in total. The summed E-state index contributed by atoms with van der Waals surface area (Å²) in [6, 6.07) is 22.1. The lowest BCUT2D eigenvalue weighted by molar-refractivity contribution is 0.112. The van der Waals surface area contributed by atoms with Gasteiger partial charge in [0.2, 0.25) is 5.95 Å². The zero-order valence-corrected chi connectivity index (χ0v) is 21.4. The summed E-state index contributed by atoms with van der Waals surface area (Å²) in [5, 5.41) is 8.28. The van der Waals surface area contributed by atoms with E-state index in [9.17, 15) is 9.18 Å². The molecule has 0 aliphatic carbocycles. The summed E-state index contributed by atoms with van der Waals surface area (Å²) < 4.78 is 15.4. The van der Waals surface area contributed by atoms with Crippen LogP contribution in [0.4, 0.5) is 21.7 Å². The molecule has 2 aromatic carbocycles. The molecule has 2 heterocycles. The zero-order chi connectivity index (χ0) is 26.4. The molecular weight excluding hydrogens is 467 g/mol. The van der Waals surface area contributed by atoms with Crippen LogP contribution in [-0.2, 0) is 6.54 Å². The Hall–Kier alpha value is -4.46. The van der Waals surface area contributed by atoms with E-state index in [1.165, 1.54) is 6.07 Å². The molecule has 0 fully saturated rings. The van der Waals surface area contributed by atoms with Crippen LogP contribution in [-0.4, -0.2) is 46.6 Å². The van der Waals surface area contributed by atoms with Gasteiger partial charge in [0.1, 0.15) is 17.2 Å². The molecule has 0 spiro atoms. The van der Waals surface area contributed by atoms with Gasteiger partial charge in [0.15, 0.2) is 12.1 Å². The van der Waals surface area contributed by atoms with Gasteiger partial charge in [0, 0.05) is 31.9 Å². The Morgan fingerprint density at radius 3 is 2.41 bits per heavy atom. The average Bonchev–Trinajstić information content (AvgIpc) is 3.24. The van der Waals surface area contributed by atoms with E-state index in [0.29, 0.717) is 36.0 Å². The number of halogens is 1. The van der Waals surface area contributed by atoms with Crippen molar-refractivity contribution in [2.24, 2.45) is 0 Å².